The predicted molar refractivity (Wildman–Crippen MR) is 60.2 cm³/mol. The van der Waals surface area contributed by atoms with Gasteiger partial charge in [-0.3, -0.25) is 4.68 Å². The first-order valence-electron chi connectivity index (χ1n) is 4.95. The van der Waals surface area contributed by atoms with Crippen LogP contribution in [0.5, 0.6) is 0 Å². The zero-order chi connectivity index (χ0) is 11.7. The van der Waals surface area contributed by atoms with Crippen molar-refractivity contribution in [1.82, 2.24) is 19.7 Å². The topological polar surface area (TPSA) is 66.7 Å². The van der Waals surface area contributed by atoms with E-state index in [-0.39, 0.29) is 0 Å². The molecule has 0 aromatic carbocycles. The van der Waals surface area contributed by atoms with Crippen molar-refractivity contribution >= 4 is 11.6 Å². The molecule has 2 N–H and O–H groups in total. The summed E-state index contributed by atoms with van der Waals surface area (Å²) in [6.07, 6.45) is 2.98. The van der Waals surface area contributed by atoms with E-state index in [0.29, 0.717) is 17.3 Å². The van der Waals surface area contributed by atoms with Crippen LogP contribution in [0.1, 0.15) is 23.3 Å². The minimum absolute atomic E-state index is 0.393. The molecule has 1 atom stereocenters. The van der Waals surface area contributed by atoms with Crippen molar-refractivity contribution in [2.45, 2.75) is 19.4 Å². The van der Waals surface area contributed by atoms with Gasteiger partial charge in [0.1, 0.15) is 11.9 Å². The third kappa shape index (κ3) is 1.96. The highest BCUT2D eigenvalue weighted by Gasteiger charge is 2.17. The number of aryl methyl sites for hydroxylation is 2. The second kappa shape index (κ2) is 4.27. The van der Waals surface area contributed by atoms with E-state index >= 15 is 0 Å². The lowest BCUT2D eigenvalue weighted by molar-refractivity contribution is 0.167. The van der Waals surface area contributed by atoms with Gasteiger partial charge in [0, 0.05) is 25.9 Å². The molecule has 0 aliphatic rings. The van der Waals surface area contributed by atoms with Crippen LogP contribution in [-0.4, -0.2) is 24.9 Å². The van der Waals surface area contributed by atoms with Gasteiger partial charge in [-0.1, -0.05) is 11.6 Å². The first kappa shape index (κ1) is 11.2. The quantitative estimate of drug-likeness (QED) is 0.852. The summed E-state index contributed by atoms with van der Waals surface area (Å²) in [5, 5.41) is 14.7. The Hall–Kier alpha value is -1.33. The lowest BCUT2D eigenvalue weighted by Crippen LogP contribution is -2.08. The Kier molecular flexibility index (Phi) is 2.98. The molecule has 0 fully saturated rings. The molecule has 2 heterocycles. The monoisotopic (exact) mass is 240 g/mol. The van der Waals surface area contributed by atoms with Gasteiger partial charge in [-0.05, 0) is 6.92 Å². The van der Waals surface area contributed by atoms with Crippen LogP contribution in [0, 0.1) is 6.92 Å². The Balaban J connectivity index is 2.21. The second-order valence-corrected chi connectivity index (χ2v) is 4.04. The zero-order valence-electron chi connectivity index (χ0n) is 9.11. The number of aliphatic hydroxyl groups is 1. The van der Waals surface area contributed by atoms with Crippen LogP contribution in [0.3, 0.4) is 0 Å². The highest BCUT2D eigenvalue weighted by molar-refractivity contribution is 6.31. The molecule has 2 aromatic heterocycles. The number of imidazole rings is 1. The molecule has 0 bridgehead atoms. The molecular weight excluding hydrogens is 228 g/mol. The smallest absolute Gasteiger partial charge is 0.135 e. The Morgan fingerprint density at radius 2 is 2.38 bits per heavy atom. The van der Waals surface area contributed by atoms with E-state index in [4.69, 9.17) is 11.6 Å². The fraction of sp³-hybridized carbons (Fsp3) is 0.400. The maximum absolute atomic E-state index is 9.93. The fourth-order valence-corrected chi connectivity index (χ4v) is 1.88. The van der Waals surface area contributed by atoms with Crippen molar-refractivity contribution in [3.63, 3.8) is 0 Å². The summed E-state index contributed by atoms with van der Waals surface area (Å²) in [4.78, 5) is 6.87. The molecule has 1 unspecified atom stereocenters. The molecule has 0 saturated carbocycles. The molecule has 6 heteroatoms. The molecule has 2 aromatic rings. The van der Waals surface area contributed by atoms with Crippen molar-refractivity contribution in [3.05, 3.63) is 34.6 Å². The lowest BCUT2D eigenvalue weighted by atomic mass is 10.2. The molecule has 16 heavy (non-hydrogen) atoms. The number of aliphatic hydroxyl groups excluding tert-OH is 1. The van der Waals surface area contributed by atoms with E-state index in [1.54, 1.807) is 17.1 Å². The average molecular weight is 241 g/mol. The molecule has 2 rings (SSSR count). The van der Waals surface area contributed by atoms with Crippen molar-refractivity contribution < 1.29 is 5.11 Å². The number of H-pyrrole nitrogens is 1. The van der Waals surface area contributed by atoms with Crippen LogP contribution >= 0.6 is 11.6 Å². The number of aromatic nitrogens is 4. The molecule has 0 spiro atoms. The number of nitrogens with one attached hydrogen (secondary N) is 1. The minimum atomic E-state index is -0.692. The summed E-state index contributed by atoms with van der Waals surface area (Å²) in [7, 11) is 1.81. The van der Waals surface area contributed by atoms with Crippen LogP contribution in [0.25, 0.3) is 0 Å². The molecule has 86 valence electrons. The van der Waals surface area contributed by atoms with Crippen molar-refractivity contribution in [3.8, 4) is 0 Å². The van der Waals surface area contributed by atoms with Gasteiger partial charge in [-0.15, -0.1) is 0 Å². The van der Waals surface area contributed by atoms with Crippen molar-refractivity contribution in [2.24, 2.45) is 7.05 Å². The first-order chi connectivity index (χ1) is 7.59. The van der Waals surface area contributed by atoms with Gasteiger partial charge in [-0.2, -0.15) is 5.10 Å². The van der Waals surface area contributed by atoms with E-state index in [2.05, 4.69) is 15.1 Å². The highest BCUT2D eigenvalue weighted by Crippen LogP contribution is 2.24. The van der Waals surface area contributed by atoms with Crippen LogP contribution in [0.2, 0.25) is 5.02 Å². The van der Waals surface area contributed by atoms with Crippen LogP contribution in [-0.2, 0) is 13.5 Å². The van der Waals surface area contributed by atoms with Crippen molar-refractivity contribution in [2.75, 3.05) is 0 Å². The molecule has 0 amide bonds. The number of hydrogen-bond donors (Lipinski definition) is 2. The maximum Gasteiger partial charge on any atom is 0.135 e. The summed E-state index contributed by atoms with van der Waals surface area (Å²) in [5.74, 6) is 0.537. The van der Waals surface area contributed by atoms with Gasteiger partial charge in [0.2, 0.25) is 0 Å². The number of halogens is 1. The molecule has 0 radical (unpaired) electrons. The van der Waals surface area contributed by atoms with E-state index in [1.165, 1.54) is 0 Å². The first-order valence-corrected chi connectivity index (χ1v) is 5.32. The number of nitrogens with zero attached hydrogens (tertiary/aromatic N) is 3. The third-order valence-electron chi connectivity index (χ3n) is 2.48. The standard InChI is InChI=1S/C10H13ClN4O/c1-6-9(11)7(15(2)14-6)5-8(16)10-12-3-4-13-10/h3-4,8,16H,5H2,1-2H3,(H,12,13). The lowest BCUT2D eigenvalue weighted by Gasteiger charge is -2.08. The molecule has 0 saturated heterocycles. The van der Waals surface area contributed by atoms with Gasteiger partial charge in [0.25, 0.3) is 0 Å². The van der Waals surface area contributed by atoms with Gasteiger partial charge >= 0.3 is 0 Å². The Morgan fingerprint density at radius 1 is 1.62 bits per heavy atom. The average Bonchev–Trinajstić information content (AvgIpc) is 2.83. The normalized spacial score (nSPS) is 13.0. The van der Waals surface area contributed by atoms with Gasteiger partial charge in [-0.25, -0.2) is 4.98 Å². The van der Waals surface area contributed by atoms with Crippen LogP contribution in [0.15, 0.2) is 12.4 Å². The summed E-state index contributed by atoms with van der Waals surface area (Å²) in [6.45, 7) is 1.84. The molecular formula is C10H13ClN4O. The van der Waals surface area contributed by atoms with Crippen LogP contribution < -0.4 is 0 Å². The van der Waals surface area contributed by atoms with Crippen molar-refractivity contribution in [1.29, 1.82) is 0 Å². The van der Waals surface area contributed by atoms with E-state index in [0.717, 1.165) is 11.4 Å². The van der Waals surface area contributed by atoms with E-state index in [9.17, 15) is 5.11 Å². The molecule has 0 aliphatic heterocycles. The summed E-state index contributed by atoms with van der Waals surface area (Å²) in [5.41, 5.74) is 1.58. The van der Waals surface area contributed by atoms with E-state index in [1.807, 2.05) is 14.0 Å². The van der Waals surface area contributed by atoms with Gasteiger partial charge in [0.15, 0.2) is 0 Å². The maximum atomic E-state index is 9.93. The Bertz CT molecular complexity index is 477. The largest absolute Gasteiger partial charge is 0.385 e. The molecule has 5 nitrogen and oxygen atoms in total. The second-order valence-electron chi connectivity index (χ2n) is 3.66. The predicted octanol–water partition coefficient (Wildman–Crippen LogP) is 1.38. The zero-order valence-corrected chi connectivity index (χ0v) is 9.86. The van der Waals surface area contributed by atoms with Crippen LogP contribution in [0.4, 0.5) is 0 Å². The number of hydrogen-bond acceptors (Lipinski definition) is 3. The Morgan fingerprint density at radius 3 is 2.88 bits per heavy atom. The number of aromatic amines is 1. The SMILES string of the molecule is Cc1nn(C)c(CC(O)c2ncc[nH]2)c1Cl. The van der Waals surface area contributed by atoms with Gasteiger partial charge < -0.3 is 10.1 Å². The Labute approximate surface area is 98.1 Å². The van der Waals surface area contributed by atoms with Gasteiger partial charge in [0.05, 0.1) is 16.4 Å². The summed E-state index contributed by atoms with van der Waals surface area (Å²) >= 11 is 6.09. The fourth-order valence-electron chi connectivity index (χ4n) is 1.64. The minimum Gasteiger partial charge on any atom is -0.385 e. The molecule has 0 aliphatic carbocycles. The summed E-state index contributed by atoms with van der Waals surface area (Å²) in [6, 6.07) is 0. The highest BCUT2D eigenvalue weighted by atomic mass is 35.5. The van der Waals surface area contributed by atoms with E-state index < -0.39 is 6.10 Å². The number of rotatable bonds is 3. The summed E-state index contributed by atoms with van der Waals surface area (Å²) < 4.78 is 1.68. The third-order valence-corrected chi connectivity index (χ3v) is 2.97.